The van der Waals surface area contributed by atoms with Gasteiger partial charge >= 0.3 is 6.09 Å². The number of ether oxygens (including phenoxy) is 1. The second-order valence-corrected chi connectivity index (χ2v) is 4.67. The van der Waals surface area contributed by atoms with Crippen molar-refractivity contribution in [3.8, 4) is 0 Å². The first-order valence-corrected chi connectivity index (χ1v) is 5.76. The normalized spacial score (nSPS) is 14.5. The van der Waals surface area contributed by atoms with Gasteiger partial charge in [-0.15, -0.1) is 0 Å². The maximum absolute atomic E-state index is 11.3. The summed E-state index contributed by atoms with van der Waals surface area (Å²) in [5, 5.41) is 2.22. The summed E-state index contributed by atoms with van der Waals surface area (Å²) in [7, 11) is 0. The van der Waals surface area contributed by atoms with E-state index in [9.17, 15) is 4.79 Å². The topological polar surface area (TPSA) is 38.3 Å². The number of nitrogens with one attached hydrogen (secondary N) is 1. The maximum atomic E-state index is 11.3. The zero-order chi connectivity index (χ0) is 12.1. The Morgan fingerprint density at radius 3 is 2.62 bits per heavy atom. The molecule has 3 nitrogen and oxygen atoms in total. The van der Waals surface area contributed by atoms with E-state index in [2.05, 4.69) is 27.9 Å². The van der Waals surface area contributed by atoms with Gasteiger partial charge < -0.3 is 10.1 Å². The molecule has 0 saturated carbocycles. The minimum atomic E-state index is -1.69. The van der Waals surface area contributed by atoms with Gasteiger partial charge in [-0.3, -0.25) is 0 Å². The van der Waals surface area contributed by atoms with E-state index < -0.39 is 18.2 Å². The fourth-order valence-corrected chi connectivity index (χ4v) is 0.975. The second-order valence-electron chi connectivity index (χ2n) is 3.60. The van der Waals surface area contributed by atoms with Gasteiger partial charge in [0.25, 0.3) is 0 Å². The summed E-state index contributed by atoms with van der Waals surface area (Å²) < 4.78 is 20.9. The van der Waals surface area contributed by atoms with E-state index >= 15 is 0 Å². The Morgan fingerprint density at radius 1 is 1.54 bits per heavy atom. The lowest BCUT2D eigenvalue weighted by atomic mass is 10.2. The summed E-state index contributed by atoms with van der Waals surface area (Å²) in [6.07, 6.45) is 0.319. The summed E-state index contributed by atoms with van der Waals surface area (Å²) in [4.78, 5) is 11.3. The van der Waals surface area contributed by atoms with Crippen molar-refractivity contribution in [3.63, 3.8) is 0 Å². The smallest absolute Gasteiger partial charge is 0.407 e. The van der Waals surface area contributed by atoms with Crippen molar-refractivity contribution in [2.45, 2.75) is 39.2 Å². The molecule has 1 amide bonds. The van der Waals surface area contributed by atoms with E-state index in [0.717, 1.165) is 10.8 Å². The lowest BCUT2D eigenvalue weighted by molar-refractivity contribution is 0.0527. The average Bonchev–Trinajstić information content (AvgIpc) is 1.95. The third-order valence-electron chi connectivity index (χ3n) is 1.02. The zero-order valence-corrected chi connectivity index (χ0v) is 10.5. The van der Waals surface area contributed by atoms with Crippen LogP contribution in [0.4, 0.5) is 4.79 Å². The molecule has 0 rings (SSSR count). The van der Waals surface area contributed by atoms with E-state index in [1.54, 1.807) is 20.8 Å². The average molecular weight is 301 g/mol. The highest BCUT2D eigenvalue weighted by Crippen LogP contribution is 2.06. The quantitative estimate of drug-likeness (QED) is 0.640. The molecule has 0 fully saturated rings. The van der Waals surface area contributed by atoms with Crippen molar-refractivity contribution in [3.05, 3.63) is 0 Å². The number of rotatable bonds is 4. The predicted molar refractivity (Wildman–Crippen MR) is 62.4 cm³/mol. The standard InChI is InChI=1S/C9H18INO2/c1-9(2,3)13-8(12)11-7-5-4-6-10/h4-7H2,1-3H3,(H,11,12)/i7D2. The second kappa shape index (κ2) is 6.45. The summed E-state index contributed by atoms with van der Waals surface area (Å²) >= 11 is 2.17. The van der Waals surface area contributed by atoms with Gasteiger partial charge in [0.05, 0.1) is 0 Å². The van der Waals surface area contributed by atoms with Crippen LogP contribution in [0.1, 0.15) is 36.4 Å². The number of carbonyl (C=O) groups is 1. The molecule has 0 spiro atoms. The SMILES string of the molecule is [2H]C([2H])(CCCI)NC(=O)OC(C)(C)C. The Hall–Kier alpha value is 0. The molecule has 0 aliphatic heterocycles. The van der Waals surface area contributed by atoms with Crippen LogP contribution in [-0.2, 0) is 4.74 Å². The number of hydrogen-bond donors (Lipinski definition) is 1. The summed E-state index contributed by atoms with van der Waals surface area (Å²) in [6, 6.07) is 0. The highest BCUT2D eigenvalue weighted by atomic mass is 127. The molecule has 0 saturated heterocycles. The molecule has 0 aliphatic rings. The van der Waals surface area contributed by atoms with Gasteiger partial charge in [0.15, 0.2) is 0 Å². The van der Waals surface area contributed by atoms with Gasteiger partial charge in [-0.2, -0.15) is 0 Å². The molecular weight excluding hydrogens is 281 g/mol. The first-order valence-electron chi connectivity index (χ1n) is 5.23. The molecule has 78 valence electrons. The highest BCUT2D eigenvalue weighted by molar-refractivity contribution is 14.1. The van der Waals surface area contributed by atoms with Crippen molar-refractivity contribution in [1.29, 1.82) is 0 Å². The minimum absolute atomic E-state index is 0.301. The van der Waals surface area contributed by atoms with Crippen LogP contribution in [-0.4, -0.2) is 22.6 Å². The molecular formula is C9H18INO2. The lowest BCUT2D eigenvalue weighted by Gasteiger charge is -2.19. The van der Waals surface area contributed by atoms with Gasteiger partial charge in [0.2, 0.25) is 0 Å². The van der Waals surface area contributed by atoms with E-state index in [4.69, 9.17) is 7.48 Å². The number of alkyl carbamates (subject to hydrolysis) is 1. The molecule has 0 bridgehead atoms. The van der Waals surface area contributed by atoms with Crippen LogP contribution in [0.3, 0.4) is 0 Å². The highest BCUT2D eigenvalue weighted by Gasteiger charge is 2.15. The molecule has 1 N–H and O–H groups in total. The van der Waals surface area contributed by atoms with Gasteiger partial charge in [0, 0.05) is 9.24 Å². The molecule has 0 aromatic rings. The molecule has 0 aromatic heterocycles. The largest absolute Gasteiger partial charge is 0.444 e. The minimum Gasteiger partial charge on any atom is -0.444 e. The Balaban J connectivity index is 4.04. The first-order chi connectivity index (χ1) is 6.66. The predicted octanol–water partition coefficient (Wildman–Crippen LogP) is 2.73. The summed E-state index contributed by atoms with van der Waals surface area (Å²) in [5.41, 5.74) is -0.594. The van der Waals surface area contributed by atoms with Gasteiger partial charge in [-0.1, -0.05) is 22.6 Å². The number of alkyl halides is 1. The third-order valence-corrected chi connectivity index (χ3v) is 1.79. The Morgan fingerprint density at radius 2 is 2.15 bits per heavy atom. The van der Waals surface area contributed by atoms with Crippen LogP contribution < -0.4 is 5.32 Å². The number of halogens is 1. The van der Waals surface area contributed by atoms with Crippen molar-refractivity contribution in [2.75, 3.05) is 10.9 Å². The Bertz CT molecular complexity index is 217. The van der Waals surface area contributed by atoms with Crippen LogP contribution >= 0.6 is 22.6 Å². The van der Waals surface area contributed by atoms with Crippen molar-refractivity contribution < 1.29 is 12.3 Å². The van der Waals surface area contributed by atoms with Crippen LogP contribution in [0.25, 0.3) is 0 Å². The van der Waals surface area contributed by atoms with Gasteiger partial charge in [0.1, 0.15) is 5.60 Å². The van der Waals surface area contributed by atoms with Crippen molar-refractivity contribution in [1.82, 2.24) is 5.32 Å². The van der Waals surface area contributed by atoms with Crippen LogP contribution in [0, 0.1) is 0 Å². The van der Waals surface area contributed by atoms with Crippen LogP contribution in [0.2, 0.25) is 0 Å². The molecule has 0 unspecified atom stereocenters. The molecule has 0 atom stereocenters. The van der Waals surface area contributed by atoms with Gasteiger partial charge in [-0.05, 0) is 38.0 Å². The monoisotopic (exact) mass is 301 g/mol. The number of carbonyl (C=O) groups excluding carboxylic acids is 1. The van der Waals surface area contributed by atoms with E-state index in [-0.39, 0.29) is 0 Å². The number of amides is 1. The van der Waals surface area contributed by atoms with Crippen LogP contribution in [0.15, 0.2) is 0 Å². The first kappa shape index (κ1) is 9.55. The fourth-order valence-electron chi connectivity index (χ4n) is 0.593. The molecule has 13 heavy (non-hydrogen) atoms. The maximum Gasteiger partial charge on any atom is 0.407 e. The fraction of sp³-hybridized carbons (Fsp3) is 0.889. The molecule has 0 aromatic carbocycles. The molecule has 0 aliphatic carbocycles. The Labute approximate surface area is 96.6 Å². The van der Waals surface area contributed by atoms with E-state index in [0.29, 0.717) is 6.42 Å². The molecule has 4 heteroatoms. The van der Waals surface area contributed by atoms with Crippen LogP contribution in [0.5, 0.6) is 0 Å². The van der Waals surface area contributed by atoms with Crippen molar-refractivity contribution >= 4 is 28.7 Å². The summed E-state index contributed by atoms with van der Waals surface area (Å²) in [6.45, 7) is 3.54. The Kier molecular flexibility index (Phi) is 4.74. The van der Waals surface area contributed by atoms with E-state index in [1.807, 2.05) is 0 Å². The molecule has 0 heterocycles. The third kappa shape index (κ3) is 9.92. The van der Waals surface area contributed by atoms with Crippen molar-refractivity contribution in [2.24, 2.45) is 0 Å². The molecule has 0 radical (unpaired) electrons. The zero-order valence-electron chi connectivity index (χ0n) is 10.3. The number of hydrogen-bond acceptors (Lipinski definition) is 2. The summed E-state index contributed by atoms with van der Waals surface area (Å²) in [5.74, 6) is 0. The lowest BCUT2D eigenvalue weighted by Crippen LogP contribution is -2.33. The van der Waals surface area contributed by atoms with E-state index in [1.165, 1.54) is 0 Å². The van der Waals surface area contributed by atoms with Gasteiger partial charge in [-0.25, -0.2) is 4.79 Å².